The molecule has 0 aliphatic carbocycles. The Labute approximate surface area is 187 Å². The van der Waals surface area contributed by atoms with E-state index in [1.54, 1.807) is 36.4 Å². The fourth-order valence-corrected chi connectivity index (χ4v) is 3.95. The van der Waals surface area contributed by atoms with Crippen molar-refractivity contribution in [3.63, 3.8) is 0 Å². The summed E-state index contributed by atoms with van der Waals surface area (Å²) in [7, 11) is 1.90. The summed E-state index contributed by atoms with van der Waals surface area (Å²) >= 11 is 3.56. The molecule has 0 radical (unpaired) electrons. The number of nitrogens with zero attached hydrogens (tertiary/aromatic N) is 5. The molecule has 0 spiro atoms. The second-order valence-electron chi connectivity index (χ2n) is 7.10. The predicted octanol–water partition coefficient (Wildman–Crippen LogP) is 5.63. The van der Waals surface area contributed by atoms with Crippen molar-refractivity contribution in [2.24, 2.45) is 7.05 Å². The highest BCUT2D eigenvalue weighted by Gasteiger charge is 2.18. The van der Waals surface area contributed by atoms with Gasteiger partial charge < -0.3 is 14.6 Å². The van der Waals surface area contributed by atoms with Crippen LogP contribution in [-0.4, -0.2) is 14.5 Å². The van der Waals surface area contributed by atoms with Gasteiger partial charge in [-0.3, -0.25) is 0 Å². The van der Waals surface area contributed by atoms with Crippen molar-refractivity contribution >= 4 is 38.6 Å². The quantitative estimate of drug-likeness (QED) is 0.413. The second-order valence-corrected chi connectivity index (χ2v) is 7.96. The van der Waals surface area contributed by atoms with Gasteiger partial charge in [0, 0.05) is 18.9 Å². The van der Waals surface area contributed by atoms with Crippen molar-refractivity contribution in [3.8, 4) is 23.8 Å². The molecule has 0 aliphatic rings. The minimum absolute atomic E-state index is 0.364. The summed E-state index contributed by atoms with van der Waals surface area (Å²) in [5.74, 6) is 1.41. The zero-order valence-corrected chi connectivity index (χ0v) is 18.6. The number of halogens is 1. The minimum atomic E-state index is 0.364. The molecule has 0 fully saturated rings. The van der Waals surface area contributed by atoms with Gasteiger partial charge in [0.1, 0.15) is 16.8 Å². The molecule has 4 aromatic rings. The molecule has 0 saturated heterocycles. The second kappa shape index (κ2) is 8.10. The summed E-state index contributed by atoms with van der Waals surface area (Å²) in [4.78, 5) is 9.25. The van der Waals surface area contributed by atoms with Crippen LogP contribution in [0.5, 0.6) is 11.6 Å². The van der Waals surface area contributed by atoms with Gasteiger partial charge in [-0.2, -0.15) is 15.5 Å². The van der Waals surface area contributed by atoms with Crippen LogP contribution in [0.2, 0.25) is 0 Å². The fourth-order valence-electron chi connectivity index (χ4n) is 3.37. The van der Waals surface area contributed by atoms with E-state index in [-0.39, 0.29) is 0 Å². The Kier molecular flexibility index (Phi) is 5.33. The van der Waals surface area contributed by atoms with E-state index in [1.807, 2.05) is 31.7 Å². The maximum absolute atomic E-state index is 9.21. The number of fused-ring (bicyclic) bond motifs is 1. The van der Waals surface area contributed by atoms with Crippen LogP contribution >= 0.6 is 15.9 Å². The van der Waals surface area contributed by atoms with Crippen LogP contribution in [0.1, 0.15) is 22.3 Å². The van der Waals surface area contributed by atoms with Gasteiger partial charge in [0.2, 0.25) is 11.8 Å². The molecule has 31 heavy (non-hydrogen) atoms. The van der Waals surface area contributed by atoms with E-state index >= 15 is 0 Å². The number of hydrogen-bond donors (Lipinski definition) is 1. The van der Waals surface area contributed by atoms with Gasteiger partial charge in [0.15, 0.2) is 0 Å². The fraction of sp³-hybridized carbons (Fsp3) is 0.130. The first-order valence-corrected chi connectivity index (χ1v) is 10.2. The van der Waals surface area contributed by atoms with Crippen LogP contribution in [0.15, 0.2) is 47.1 Å². The van der Waals surface area contributed by atoms with E-state index in [0.29, 0.717) is 34.2 Å². The summed E-state index contributed by atoms with van der Waals surface area (Å²) < 4.78 is 8.99. The van der Waals surface area contributed by atoms with Crippen LogP contribution < -0.4 is 10.1 Å². The summed E-state index contributed by atoms with van der Waals surface area (Å²) in [6, 6.07) is 14.9. The number of aromatic nitrogens is 3. The molecule has 0 saturated carbocycles. The van der Waals surface area contributed by atoms with Crippen molar-refractivity contribution < 1.29 is 4.74 Å². The normalized spacial score (nSPS) is 10.5. The molecule has 8 heteroatoms. The average molecular weight is 473 g/mol. The maximum Gasteiger partial charge on any atom is 0.249 e. The zero-order valence-electron chi connectivity index (χ0n) is 17.1. The Morgan fingerprint density at radius 1 is 1.00 bits per heavy atom. The molecule has 1 N–H and O–H groups in total. The number of benzene rings is 2. The standard InChI is InChI=1S/C23H17BrN6O/c1-13-8-16(11-26)9-14(2)21(13)31-22-20-19(18(24)12-30(20)3)28-23(29-22)27-17-6-4-15(10-25)5-7-17/h4-9,12H,1-3H3,(H,27,28,29). The van der Waals surface area contributed by atoms with Gasteiger partial charge >= 0.3 is 0 Å². The first-order valence-electron chi connectivity index (χ1n) is 9.38. The lowest BCUT2D eigenvalue weighted by atomic mass is 10.1. The summed E-state index contributed by atoms with van der Waals surface area (Å²) in [6.07, 6.45) is 1.90. The molecule has 0 atom stereocenters. The molecule has 0 unspecified atom stereocenters. The van der Waals surface area contributed by atoms with Crippen molar-refractivity contribution in [2.45, 2.75) is 13.8 Å². The number of nitrogens with one attached hydrogen (secondary N) is 1. The third-order valence-electron chi connectivity index (χ3n) is 4.80. The van der Waals surface area contributed by atoms with Gasteiger partial charge in [0.25, 0.3) is 0 Å². The Hall–Kier alpha value is -3.88. The largest absolute Gasteiger partial charge is 0.436 e. The number of nitriles is 2. The summed E-state index contributed by atoms with van der Waals surface area (Å²) in [5, 5.41) is 21.4. The Bertz CT molecular complexity index is 1370. The average Bonchev–Trinajstić information content (AvgIpc) is 3.04. The van der Waals surface area contributed by atoms with E-state index in [0.717, 1.165) is 26.8 Å². The molecule has 7 nitrogen and oxygen atoms in total. The first kappa shape index (κ1) is 20.4. The molecule has 2 aromatic carbocycles. The number of aryl methyl sites for hydroxylation is 3. The van der Waals surface area contributed by atoms with Gasteiger partial charge in [-0.1, -0.05) is 0 Å². The van der Waals surface area contributed by atoms with Crippen LogP contribution in [0.4, 0.5) is 11.6 Å². The lowest BCUT2D eigenvalue weighted by Gasteiger charge is -2.14. The first-order chi connectivity index (χ1) is 14.9. The molecule has 152 valence electrons. The molecular formula is C23H17BrN6O. The highest BCUT2D eigenvalue weighted by molar-refractivity contribution is 9.10. The highest BCUT2D eigenvalue weighted by atomic mass is 79.9. The molecule has 2 heterocycles. The van der Waals surface area contributed by atoms with Gasteiger partial charge in [-0.05, 0) is 77.3 Å². The van der Waals surface area contributed by atoms with Crippen LogP contribution in [-0.2, 0) is 7.05 Å². The van der Waals surface area contributed by atoms with Crippen LogP contribution in [0.25, 0.3) is 11.0 Å². The van der Waals surface area contributed by atoms with Crippen molar-refractivity contribution in [1.29, 1.82) is 10.5 Å². The van der Waals surface area contributed by atoms with Crippen molar-refractivity contribution in [3.05, 3.63) is 69.3 Å². The smallest absolute Gasteiger partial charge is 0.249 e. The van der Waals surface area contributed by atoms with E-state index < -0.39 is 0 Å². The van der Waals surface area contributed by atoms with Crippen LogP contribution in [0, 0.1) is 36.5 Å². The highest BCUT2D eigenvalue weighted by Crippen LogP contribution is 2.36. The summed E-state index contributed by atoms with van der Waals surface area (Å²) in [5.41, 5.74) is 5.04. The number of hydrogen-bond acceptors (Lipinski definition) is 6. The van der Waals surface area contributed by atoms with E-state index in [1.165, 1.54) is 0 Å². The number of ether oxygens (including phenoxy) is 1. The van der Waals surface area contributed by atoms with E-state index in [2.05, 4.69) is 43.4 Å². The van der Waals surface area contributed by atoms with Gasteiger partial charge in [0.05, 0.1) is 27.7 Å². The van der Waals surface area contributed by atoms with Gasteiger partial charge in [-0.25, -0.2) is 4.98 Å². The van der Waals surface area contributed by atoms with E-state index in [9.17, 15) is 5.26 Å². The Morgan fingerprint density at radius 3 is 2.26 bits per heavy atom. The number of rotatable bonds is 4. The zero-order chi connectivity index (χ0) is 22.1. The molecular weight excluding hydrogens is 456 g/mol. The van der Waals surface area contributed by atoms with Gasteiger partial charge in [-0.15, -0.1) is 0 Å². The lowest BCUT2D eigenvalue weighted by molar-refractivity contribution is 0.459. The lowest BCUT2D eigenvalue weighted by Crippen LogP contribution is -2.02. The van der Waals surface area contributed by atoms with Crippen molar-refractivity contribution in [1.82, 2.24) is 14.5 Å². The van der Waals surface area contributed by atoms with E-state index in [4.69, 9.17) is 10.00 Å². The predicted molar refractivity (Wildman–Crippen MR) is 121 cm³/mol. The monoisotopic (exact) mass is 472 g/mol. The molecule has 0 amide bonds. The molecule has 0 aliphatic heterocycles. The Balaban J connectivity index is 1.80. The van der Waals surface area contributed by atoms with Crippen molar-refractivity contribution in [2.75, 3.05) is 5.32 Å². The topological polar surface area (TPSA) is 99.5 Å². The minimum Gasteiger partial charge on any atom is -0.436 e. The molecule has 0 bridgehead atoms. The Morgan fingerprint density at radius 2 is 1.65 bits per heavy atom. The third-order valence-corrected chi connectivity index (χ3v) is 5.38. The SMILES string of the molecule is Cc1cc(C#N)cc(C)c1Oc1nc(Nc2ccc(C#N)cc2)nc2c(Br)cn(C)c12. The third kappa shape index (κ3) is 3.94. The summed E-state index contributed by atoms with van der Waals surface area (Å²) in [6.45, 7) is 3.80. The molecule has 4 rings (SSSR count). The number of anilines is 2. The van der Waals surface area contributed by atoms with Crippen LogP contribution in [0.3, 0.4) is 0 Å². The maximum atomic E-state index is 9.21. The molecule has 2 aromatic heterocycles.